The van der Waals surface area contributed by atoms with E-state index in [1.165, 1.54) is 45.2 Å². The highest BCUT2D eigenvalue weighted by molar-refractivity contribution is 6.00. The minimum Gasteiger partial charge on any atom is -0.462 e. The molecule has 3 saturated heterocycles. The van der Waals surface area contributed by atoms with E-state index in [0.717, 1.165) is 0 Å². The first-order valence-corrected chi connectivity index (χ1v) is 11.7. The number of fused-ring (bicyclic) bond motifs is 1. The summed E-state index contributed by atoms with van der Waals surface area (Å²) in [5, 5.41) is 3.15. The molecule has 31 heavy (non-hydrogen) atoms. The molecule has 3 fully saturated rings. The van der Waals surface area contributed by atoms with E-state index < -0.39 is 0 Å². The predicted molar refractivity (Wildman–Crippen MR) is 118 cm³/mol. The fourth-order valence-electron chi connectivity index (χ4n) is 5.32. The number of hydrogen-bond acceptors (Lipinski definition) is 5. The average Bonchev–Trinajstić information content (AvgIpc) is 3.19. The zero-order valence-corrected chi connectivity index (χ0v) is 18.3. The van der Waals surface area contributed by atoms with Crippen LogP contribution in [-0.2, 0) is 14.3 Å². The highest BCUT2D eigenvalue weighted by Gasteiger charge is 2.37. The Morgan fingerprint density at radius 2 is 1.87 bits per heavy atom. The van der Waals surface area contributed by atoms with Crippen LogP contribution in [0.4, 0.5) is 5.69 Å². The monoisotopic (exact) mass is 427 g/mol. The number of esters is 1. The Morgan fingerprint density at radius 3 is 2.65 bits per heavy atom. The molecule has 0 bridgehead atoms. The fourth-order valence-corrected chi connectivity index (χ4v) is 5.32. The van der Waals surface area contributed by atoms with Gasteiger partial charge in [0.2, 0.25) is 11.8 Å². The van der Waals surface area contributed by atoms with Gasteiger partial charge in [-0.25, -0.2) is 4.79 Å². The molecular weight excluding hydrogens is 394 g/mol. The topological polar surface area (TPSA) is 79.0 Å². The Hall–Kier alpha value is -2.41. The zero-order chi connectivity index (χ0) is 21.8. The van der Waals surface area contributed by atoms with Gasteiger partial charge in [0, 0.05) is 31.2 Å². The molecule has 168 valence electrons. The van der Waals surface area contributed by atoms with Crippen molar-refractivity contribution in [3.8, 4) is 0 Å². The van der Waals surface area contributed by atoms with Crippen molar-refractivity contribution >= 4 is 23.5 Å². The molecule has 1 N–H and O–H groups in total. The minimum absolute atomic E-state index is 0.0214. The third-order valence-electron chi connectivity index (χ3n) is 6.95. The maximum atomic E-state index is 12.8. The van der Waals surface area contributed by atoms with E-state index in [0.29, 0.717) is 42.9 Å². The number of carbonyl (C=O) groups is 3. The summed E-state index contributed by atoms with van der Waals surface area (Å²) in [4.78, 5) is 41.4. The molecule has 0 aliphatic carbocycles. The van der Waals surface area contributed by atoms with E-state index in [2.05, 4.69) is 10.2 Å². The molecule has 3 aliphatic heterocycles. The number of amides is 2. The van der Waals surface area contributed by atoms with Gasteiger partial charge < -0.3 is 19.9 Å². The lowest BCUT2D eigenvalue weighted by Crippen LogP contribution is -2.51. The lowest BCUT2D eigenvalue weighted by atomic mass is 9.83. The van der Waals surface area contributed by atoms with Crippen LogP contribution in [0.15, 0.2) is 24.3 Å². The summed E-state index contributed by atoms with van der Waals surface area (Å²) < 4.78 is 5.00. The second-order valence-corrected chi connectivity index (χ2v) is 8.92. The van der Waals surface area contributed by atoms with Gasteiger partial charge in [0.05, 0.1) is 18.1 Å². The number of piperidine rings is 2. The van der Waals surface area contributed by atoms with Crippen LogP contribution in [0.5, 0.6) is 0 Å². The first-order chi connectivity index (χ1) is 15.1. The lowest BCUT2D eigenvalue weighted by Gasteiger charge is -2.44. The highest BCUT2D eigenvalue weighted by Crippen LogP contribution is 2.31. The van der Waals surface area contributed by atoms with Crippen molar-refractivity contribution in [3.05, 3.63) is 29.8 Å². The van der Waals surface area contributed by atoms with Gasteiger partial charge >= 0.3 is 5.97 Å². The molecule has 7 nitrogen and oxygen atoms in total. The van der Waals surface area contributed by atoms with Gasteiger partial charge in [-0.1, -0.05) is 6.42 Å². The summed E-state index contributed by atoms with van der Waals surface area (Å²) in [7, 11) is 0. The summed E-state index contributed by atoms with van der Waals surface area (Å²) in [5.41, 5.74) is 1.16. The molecule has 0 saturated carbocycles. The van der Waals surface area contributed by atoms with E-state index in [4.69, 9.17) is 4.74 Å². The predicted octanol–water partition coefficient (Wildman–Crippen LogP) is 2.60. The maximum absolute atomic E-state index is 12.8. The van der Waals surface area contributed by atoms with Gasteiger partial charge in [0.1, 0.15) is 0 Å². The second kappa shape index (κ2) is 9.81. The first-order valence-electron chi connectivity index (χ1n) is 11.7. The number of rotatable bonds is 6. The Balaban J connectivity index is 1.31. The molecule has 0 aromatic heterocycles. The lowest BCUT2D eigenvalue weighted by molar-refractivity contribution is -0.126. The summed E-state index contributed by atoms with van der Waals surface area (Å²) in [6.07, 6.45) is 6.41. The first kappa shape index (κ1) is 21.8. The van der Waals surface area contributed by atoms with Gasteiger partial charge in [-0.2, -0.15) is 0 Å². The van der Waals surface area contributed by atoms with Gasteiger partial charge in [-0.3, -0.25) is 9.59 Å². The number of anilines is 1. The third-order valence-corrected chi connectivity index (χ3v) is 6.95. The Kier molecular flexibility index (Phi) is 6.90. The van der Waals surface area contributed by atoms with Crippen molar-refractivity contribution in [1.82, 2.24) is 10.2 Å². The smallest absolute Gasteiger partial charge is 0.338 e. The molecule has 3 atom stereocenters. The van der Waals surface area contributed by atoms with Crippen LogP contribution in [0, 0.1) is 11.8 Å². The molecule has 0 unspecified atom stereocenters. The minimum atomic E-state index is -0.377. The highest BCUT2D eigenvalue weighted by atomic mass is 16.5. The molecule has 1 aromatic rings. The third kappa shape index (κ3) is 4.92. The summed E-state index contributed by atoms with van der Waals surface area (Å²) in [5.74, 6) is -0.268. The molecule has 3 heterocycles. The quantitative estimate of drug-likeness (QED) is 0.706. The van der Waals surface area contributed by atoms with Gasteiger partial charge in [0.15, 0.2) is 0 Å². The Morgan fingerprint density at radius 1 is 1.10 bits per heavy atom. The number of benzene rings is 1. The Bertz CT molecular complexity index is 808. The molecule has 3 aliphatic rings. The van der Waals surface area contributed by atoms with Crippen LogP contribution < -0.4 is 10.2 Å². The van der Waals surface area contributed by atoms with Crippen LogP contribution in [0.25, 0.3) is 0 Å². The molecule has 2 amide bonds. The second-order valence-electron chi connectivity index (χ2n) is 8.92. The number of ether oxygens (including phenoxy) is 1. The van der Waals surface area contributed by atoms with Crippen molar-refractivity contribution in [2.75, 3.05) is 37.7 Å². The summed E-state index contributed by atoms with van der Waals surface area (Å²) >= 11 is 0. The average molecular weight is 428 g/mol. The van der Waals surface area contributed by atoms with Crippen molar-refractivity contribution in [2.45, 2.75) is 51.5 Å². The van der Waals surface area contributed by atoms with Crippen molar-refractivity contribution in [1.29, 1.82) is 0 Å². The van der Waals surface area contributed by atoms with Crippen molar-refractivity contribution in [3.63, 3.8) is 0 Å². The molecule has 1 aromatic carbocycles. The van der Waals surface area contributed by atoms with Gasteiger partial charge in [-0.15, -0.1) is 0 Å². The molecular formula is C24H33N3O4. The van der Waals surface area contributed by atoms with Crippen LogP contribution in [0.2, 0.25) is 0 Å². The van der Waals surface area contributed by atoms with Crippen molar-refractivity contribution < 1.29 is 19.1 Å². The van der Waals surface area contributed by atoms with Crippen LogP contribution in [0.3, 0.4) is 0 Å². The molecule has 0 radical (unpaired) electrons. The van der Waals surface area contributed by atoms with Crippen molar-refractivity contribution in [2.24, 2.45) is 11.8 Å². The maximum Gasteiger partial charge on any atom is 0.338 e. The summed E-state index contributed by atoms with van der Waals surface area (Å²) in [6, 6.07) is 7.40. The van der Waals surface area contributed by atoms with E-state index in [9.17, 15) is 14.4 Å². The van der Waals surface area contributed by atoms with E-state index in [1.54, 1.807) is 36.1 Å². The van der Waals surface area contributed by atoms with E-state index >= 15 is 0 Å². The number of hydrogen-bond donors (Lipinski definition) is 1. The SMILES string of the molecule is CCOC(=O)c1ccc(N2C[C@@H](C(=O)NC[C@@H]3CCCN4CCCC[C@H]34)CC2=O)cc1. The van der Waals surface area contributed by atoms with E-state index in [-0.39, 0.29) is 30.1 Å². The van der Waals surface area contributed by atoms with E-state index in [1.807, 2.05) is 0 Å². The van der Waals surface area contributed by atoms with Gasteiger partial charge in [0.25, 0.3) is 0 Å². The number of nitrogens with one attached hydrogen (secondary N) is 1. The normalized spacial score (nSPS) is 26.4. The molecule has 0 spiro atoms. The standard InChI is InChI=1S/C24H33N3O4/c1-2-31-24(30)17-8-10-20(11-9-17)27-16-19(14-22(27)28)23(29)25-15-18-6-5-13-26-12-4-3-7-21(18)26/h8-11,18-19,21H,2-7,12-16H2,1H3,(H,25,29)/t18-,19-,21+/m0/s1. The fraction of sp³-hybridized carbons (Fsp3) is 0.625. The summed E-state index contributed by atoms with van der Waals surface area (Å²) in [6.45, 7) is 5.55. The van der Waals surface area contributed by atoms with Gasteiger partial charge in [-0.05, 0) is 75.9 Å². The molecule has 4 rings (SSSR count). The zero-order valence-electron chi connectivity index (χ0n) is 18.3. The van der Waals surface area contributed by atoms with Crippen LogP contribution >= 0.6 is 0 Å². The van der Waals surface area contributed by atoms with Crippen LogP contribution in [0.1, 0.15) is 55.8 Å². The number of carbonyl (C=O) groups excluding carboxylic acids is 3. The Labute approximate surface area is 184 Å². The number of nitrogens with zero attached hydrogens (tertiary/aromatic N) is 2. The largest absolute Gasteiger partial charge is 0.462 e. The molecule has 7 heteroatoms. The van der Waals surface area contributed by atoms with Crippen LogP contribution in [-0.4, -0.2) is 61.5 Å².